The van der Waals surface area contributed by atoms with Crippen LogP contribution in [0.25, 0.3) is 0 Å². The van der Waals surface area contributed by atoms with Gasteiger partial charge in [0.25, 0.3) is 0 Å². The van der Waals surface area contributed by atoms with Gasteiger partial charge in [-0.3, -0.25) is 9.69 Å². The van der Waals surface area contributed by atoms with Crippen LogP contribution in [-0.2, 0) is 4.79 Å². The van der Waals surface area contributed by atoms with Gasteiger partial charge in [-0.25, -0.2) is 4.79 Å². The summed E-state index contributed by atoms with van der Waals surface area (Å²) >= 11 is 0. The zero-order valence-electron chi connectivity index (χ0n) is 13.5. The Kier molecular flexibility index (Phi) is 6.40. The summed E-state index contributed by atoms with van der Waals surface area (Å²) in [5.74, 6) is -0.296. The minimum atomic E-state index is -0.961. The van der Waals surface area contributed by atoms with Crippen LogP contribution < -0.4 is 10.1 Å². The van der Waals surface area contributed by atoms with Gasteiger partial charge in [-0.1, -0.05) is 6.92 Å². The number of nitrogens with one attached hydrogen (secondary N) is 1. The number of benzene rings is 1. The van der Waals surface area contributed by atoms with E-state index in [9.17, 15) is 9.59 Å². The second-order valence-electron chi connectivity index (χ2n) is 5.66. The molecule has 0 saturated carbocycles. The first-order valence-electron chi connectivity index (χ1n) is 8.09. The molecule has 2 rings (SSSR count). The van der Waals surface area contributed by atoms with Gasteiger partial charge in [0, 0.05) is 0 Å². The van der Waals surface area contributed by atoms with Crippen molar-refractivity contribution in [2.45, 2.75) is 32.2 Å². The molecule has 0 radical (unpaired) electrons. The number of carboxylic acid groups (broad SMARTS) is 1. The van der Waals surface area contributed by atoms with E-state index in [1.807, 2.05) is 0 Å². The van der Waals surface area contributed by atoms with Crippen molar-refractivity contribution in [2.75, 3.05) is 26.2 Å². The molecule has 1 aromatic carbocycles. The molecule has 1 aliphatic heterocycles. The molecule has 1 unspecified atom stereocenters. The Balaban J connectivity index is 1.70. The van der Waals surface area contributed by atoms with Gasteiger partial charge in [0.1, 0.15) is 12.4 Å². The Morgan fingerprint density at radius 3 is 2.74 bits per heavy atom. The maximum atomic E-state index is 12.2. The summed E-state index contributed by atoms with van der Waals surface area (Å²) in [6.07, 6.45) is 3.05. The average molecular weight is 320 g/mol. The van der Waals surface area contributed by atoms with Gasteiger partial charge in [0.2, 0.25) is 5.91 Å². The number of carbonyl (C=O) groups excluding carboxylic acids is 1. The van der Waals surface area contributed by atoms with Crippen LogP contribution >= 0.6 is 0 Å². The summed E-state index contributed by atoms with van der Waals surface area (Å²) in [6, 6.07) is 6.22. The van der Waals surface area contributed by atoms with Crippen LogP contribution in [0.15, 0.2) is 24.3 Å². The van der Waals surface area contributed by atoms with E-state index in [0.717, 1.165) is 32.4 Å². The Morgan fingerprint density at radius 2 is 2.09 bits per heavy atom. The molecule has 1 fully saturated rings. The lowest BCUT2D eigenvalue weighted by molar-refractivity contribution is -0.125. The lowest BCUT2D eigenvalue weighted by atomic mass is 10.2. The summed E-state index contributed by atoms with van der Waals surface area (Å²) in [6.45, 7) is 4.88. The van der Waals surface area contributed by atoms with Gasteiger partial charge in [0.15, 0.2) is 0 Å². The average Bonchev–Trinajstić information content (AvgIpc) is 3.00. The molecule has 23 heavy (non-hydrogen) atoms. The van der Waals surface area contributed by atoms with E-state index >= 15 is 0 Å². The van der Waals surface area contributed by atoms with Crippen molar-refractivity contribution in [3.05, 3.63) is 29.8 Å². The standard InChI is InChI=1S/C17H24N2O4/c1-2-10-19-11-3-4-15(19)16(20)18-9-12-23-14-7-5-13(6-8-14)17(21)22/h5-8,15H,2-4,9-12H2,1H3,(H,18,20)(H,21,22). The van der Waals surface area contributed by atoms with E-state index in [2.05, 4.69) is 17.1 Å². The Morgan fingerprint density at radius 1 is 1.35 bits per heavy atom. The molecular weight excluding hydrogens is 296 g/mol. The fraction of sp³-hybridized carbons (Fsp3) is 0.529. The van der Waals surface area contributed by atoms with E-state index < -0.39 is 5.97 Å². The monoisotopic (exact) mass is 320 g/mol. The number of rotatable bonds is 8. The molecule has 0 aliphatic carbocycles. The molecule has 6 nitrogen and oxygen atoms in total. The SMILES string of the molecule is CCCN1CCCC1C(=O)NCCOc1ccc(C(=O)O)cc1. The highest BCUT2D eigenvalue weighted by molar-refractivity contribution is 5.87. The van der Waals surface area contributed by atoms with Gasteiger partial charge in [0.05, 0.1) is 18.2 Å². The number of ether oxygens (including phenoxy) is 1. The predicted molar refractivity (Wildman–Crippen MR) is 86.8 cm³/mol. The minimum absolute atomic E-state index is 0.00944. The Hall–Kier alpha value is -2.08. The van der Waals surface area contributed by atoms with E-state index in [1.54, 1.807) is 12.1 Å². The van der Waals surface area contributed by atoms with Crippen molar-refractivity contribution in [2.24, 2.45) is 0 Å². The van der Waals surface area contributed by atoms with Crippen molar-refractivity contribution in [3.63, 3.8) is 0 Å². The highest BCUT2D eigenvalue weighted by Crippen LogP contribution is 2.17. The van der Waals surface area contributed by atoms with Crippen LogP contribution in [0, 0.1) is 0 Å². The molecule has 2 N–H and O–H groups in total. The van der Waals surface area contributed by atoms with Crippen molar-refractivity contribution < 1.29 is 19.4 Å². The van der Waals surface area contributed by atoms with E-state index in [1.165, 1.54) is 12.1 Å². The Bertz CT molecular complexity index is 530. The van der Waals surface area contributed by atoms with Gasteiger partial charge in [-0.15, -0.1) is 0 Å². The molecule has 1 heterocycles. The molecule has 0 aromatic heterocycles. The second kappa shape index (κ2) is 8.53. The largest absolute Gasteiger partial charge is 0.492 e. The molecule has 126 valence electrons. The van der Waals surface area contributed by atoms with Gasteiger partial charge in [-0.2, -0.15) is 0 Å². The van der Waals surface area contributed by atoms with Crippen molar-refractivity contribution in [1.82, 2.24) is 10.2 Å². The van der Waals surface area contributed by atoms with Crippen LogP contribution in [-0.4, -0.2) is 54.2 Å². The maximum absolute atomic E-state index is 12.2. The second-order valence-corrected chi connectivity index (χ2v) is 5.66. The first-order chi connectivity index (χ1) is 11.1. The number of carboxylic acids is 1. The number of carbonyl (C=O) groups is 2. The molecule has 1 saturated heterocycles. The zero-order chi connectivity index (χ0) is 16.7. The topological polar surface area (TPSA) is 78.9 Å². The van der Waals surface area contributed by atoms with E-state index in [-0.39, 0.29) is 17.5 Å². The molecule has 1 amide bonds. The molecule has 0 bridgehead atoms. The summed E-state index contributed by atoms with van der Waals surface area (Å²) < 4.78 is 5.51. The highest BCUT2D eigenvalue weighted by Gasteiger charge is 2.29. The summed E-state index contributed by atoms with van der Waals surface area (Å²) in [5.41, 5.74) is 0.225. The van der Waals surface area contributed by atoms with Crippen LogP contribution in [0.4, 0.5) is 0 Å². The summed E-state index contributed by atoms with van der Waals surface area (Å²) in [7, 11) is 0. The van der Waals surface area contributed by atoms with E-state index in [4.69, 9.17) is 9.84 Å². The molecular formula is C17H24N2O4. The number of hydrogen-bond acceptors (Lipinski definition) is 4. The number of amides is 1. The predicted octanol–water partition coefficient (Wildman–Crippen LogP) is 1.75. The number of likely N-dealkylation sites (tertiary alicyclic amines) is 1. The molecule has 0 spiro atoms. The number of hydrogen-bond donors (Lipinski definition) is 2. The lowest BCUT2D eigenvalue weighted by Crippen LogP contribution is -2.44. The quantitative estimate of drug-likeness (QED) is 0.714. The molecule has 1 atom stereocenters. The molecule has 1 aliphatic rings. The highest BCUT2D eigenvalue weighted by atomic mass is 16.5. The van der Waals surface area contributed by atoms with Crippen LogP contribution in [0.2, 0.25) is 0 Å². The smallest absolute Gasteiger partial charge is 0.335 e. The first-order valence-corrected chi connectivity index (χ1v) is 8.09. The first kappa shape index (κ1) is 17.3. The van der Waals surface area contributed by atoms with Crippen molar-refractivity contribution >= 4 is 11.9 Å². The van der Waals surface area contributed by atoms with Gasteiger partial charge >= 0.3 is 5.97 Å². The molecule has 1 aromatic rings. The van der Waals surface area contributed by atoms with Crippen LogP contribution in [0.1, 0.15) is 36.5 Å². The van der Waals surface area contributed by atoms with Crippen LogP contribution in [0.5, 0.6) is 5.75 Å². The van der Waals surface area contributed by atoms with Gasteiger partial charge < -0.3 is 15.2 Å². The van der Waals surface area contributed by atoms with Crippen molar-refractivity contribution in [1.29, 1.82) is 0 Å². The van der Waals surface area contributed by atoms with Gasteiger partial charge in [-0.05, 0) is 56.6 Å². The number of aromatic carboxylic acids is 1. The normalized spacial score (nSPS) is 17.9. The third-order valence-corrected chi connectivity index (χ3v) is 3.95. The third-order valence-electron chi connectivity index (χ3n) is 3.95. The minimum Gasteiger partial charge on any atom is -0.492 e. The van der Waals surface area contributed by atoms with Crippen LogP contribution in [0.3, 0.4) is 0 Å². The summed E-state index contributed by atoms with van der Waals surface area (Å²) in [4.78, 5) is 25.2. The molecule has 6 heteroatoms. The maximum Gasteiger partial charge on any atom is 0.335 e. The summed E-state index contributed by atoms with van der Waals surface area (Å²) in [5, 5.41) is 11.7. The zero-order valence-corrected chi connectivity index (χ0v) is 13.5. The number of nitrogens with zero attached hydrogens (tertiary/aromatic N) is 1. The third kappa shape index (κ3) is 4.96. The van der Waals surface area contributed by atoms with E-state index in [0.29, 0.717) is 18.9 Å². The van der Waals surface area contributed by atoms with Crippen molar-refractivity contribution in [3.8, 4) is 5.75 Å². The fourth-order valence-electron chi connectivity index (χ4n) is 2.83. The Labute approximate surface area is 136 Å². The fourth-order valence-corrected chi connectivity index (χ4v) is 2.83. The lowest BCUT2D eigenvalue weighted by Gasteiger charge is -2.22.